The van der Waals surface area contributed by atoms with Crippen molar-refractivity contribution in [1.82, 2.24) is 0 Å². The van der Waals surface area contributed by atoms with Crippen LogP contribution in [0.2, 0.25) is 0 Å². The van der Waals surface area contributed by atoms with Gasteiger partial charge in [0.05, 0.1) is 0 Å². The quantitative estimate of drug-likeness (QED) is 0.596. The van der Waals surface area contributed by atoms with E-state index in [1.807, 2.05) is 0 Å². The molecule has 0 bridgehead atoms. The smallest absolute Gasteiger partial charge is 0.406 e. The molecule has 0 heterocycles. The van der Waals surface area contributed by atoms with Crippen molar-refractivity contribution in [3.8, 4) is 5.75 Å². The molecule has 2 aliphatic rings. The molecule has 0 aromatic heterocycles. The third kappa shape index (κ3) is 4.67. The third-order valence-electron chi connectivity index (χ3n) is 6.08. The van der Waals surface area contributed by atoms with Crippen molar-refractivity contribution in [2.24, 2.45) is 17.8 Å². The lowest BCUT2D eigenvalue weighted by Gasteiger charge is -2.37. The van der Waals surface area contributed by atoms with Gasteiger partial charge in [0, 0.05) is 0 Å². The Morgan fingerprint density at radius 1 is 0.792 bits per heavy atom. The molecule has 0 spiro atoms. The Balaban J connectivity index is 1.51. The van der Waals surface area contributed by atoms with Gasteiger partial charge in [-0.15, -0.1) is 13.2 Å². The molecule has 4 heteroatoms. The van der Waals surface area contributed by atoms with Crippen molar-refractivity contribution in [2.75, 3.05) is 0 Å². The summed E-state index contributed by atoms with van der Waals surface area (Å²) in [5.41, 5.74) is 1.15. The summed E-state index contributed by atoms with van der Waals surface area (Å²) >= 11 is 0. The van der Waals surface area contributed by atoms with Gasteiger partial charge in [-0.25, -0.2) is 0 Å². The van der Waals surface area contributed by atoms with E-state index in [-0.39, 0.29) is 5.75 Å². The fraction of sp³-hybridized carbons (Fsp3) is 0.700. The monoisotopic (exact) mass is 340 g/mol. The molecule has 1 nitrogen and oxygen atoms in total. The summed E-state index contributed by atoms with van der Waals surface area (Å²) in [5.74, 6) is 3.03. The maximum atomic E-state index is 12.2. The molecular formula is C20H27F3O. The molecule has 0 atom stereocenters. The van der Waals surface area contributed by atoms with Gasteiger partial charge in [-0.3, -0.25) is 0 Å². The second-order valence-electron chi connectivity index (χ2n) is 7.75. The fourth-order valence-corrected chi connectivity index (χ4v) is 4.62. The standard InChI is InChI=1S/C20H27F3O/c1-14-2-4-15(5-3-14)16-6-8-17(9-7-16)18-10-12-19(13-11-18)24-20(21,22)23/h10-17H,2-9H2,1H3. The first-order valence-electron chi connectivity index (χ1n) is 9.26. The number of benzene rings is 1. The van der Waals surface area contributed by atoms with E-state index in [4.69, 9.17) is 0 Å². The number of ether oxygens (including phenoxy) is 1. The molecule has 2 saturated carbocycles. The van der Waals surface area contributed by atoms with Crippen LogP contribution in [0.25, 0.3) is 0 Å². The summed E-state index contributed by atoms with van der Waals surface area (Å²) < 4.78 is 40.6. The molecular weight excluding hydrogens is 313 g/mol. The highest BCUT2D eigenvalue weighted by Gasteiger charge is 2.32. The number of hydrogen-bond acceptors (Lipinski definition) is 1. The lowest BCUT2D eigenvalue weighted by atomic mass is 9.68. The van der Waals surface area contributed by atoms with E-state index in [1.54, 1.807) is 12.1 Å². The van der Waals surface area contributed by atoms with E-state index in [0.29, 0.717) is 5.92 Å². The Kier molecular flexibility index (Phi) is 5.41. The van der Waals surface area contributed by atoms with Gasteiger partial charge in [-0.05, 0) is 79.9 Å². The maximum Gasteiger partial charge on any atom is 0.573 e. The second-order valence-corrected chi connectivity index (χ2v) is 7.75. The molecule has 3 rings (SSSR count). The molecule has 0 amide bonds. The van der Waals surface area contributed by atoms with E-state index >= 15 is 0 Å². The van der Waals surface area contributed by atoms with Crippen LogP contribution in [0, 0.1) is 17.8 Å². The van der Waals surface area contributed by atoms with Crippen LogP contribution in [-0.4, -0.2) is 6.36 Å². The first kappa shape index (κ1) is 17.6. The van der Waals surface area contributed by atoms with E-state index in [1.165, 1.54) is 50.7 Å². The van der Waals surface area contributed by atoms with Crippen molar-refractivity contribution < 1.29 is 17.9 Å². The van der Waals surface area contributed by atoms with Crippen LogP contribution >= 0.6 is 0 Å². The minimum absolute atomic E-state index is 0.128. The lowest BCUT2D eigenvalue weighted by molar-refractivity contribution is -0.274. The first-order valence-corrected chi connectivity index (χ1v) is 9.26. The minimum atomic E-state index is -4.61. The molecule has 24 heavy (non-hydrogen) atoms. The van der Waals surface area contributed by atoms with Crippen molar-refractivity contribution in [1.29, 1.82) is 0 Å². The largest absolute Gasteiger partial charge is 0.573 e. The Labute approximate surface area is 142 Å². The number of hydrogen-bond donors (Lipinski definition) is 0. The third-order valence-corrected chi connectivity index (χ3v) is 6.08. The molecule has 0 aliphatic heterocycles. The van der Waals surface area contributed by atoms with Crippen LogP contribution in [0.5, 0.6) is 5.75 Å². The van der Waals surface area contributed by atoms with Crippen LogP contribution in [0.15, 0.2) is 24.3 Å². The van der Waals surface area contributed by atoms with Crippen LogP contribution in [-0.2, 0) is 0 Å². The van der Waals surface area contributed by atoms with Crippen LogP contribution in [0.3, 0.4) is 0 Å². The summed E-state index contributed by atoms with van der Waals surface area (Å²) in [5, 5.41) is 0. The lowest BCUT2D eigenvalue weighted by Crippen LogP contribution is -2.24. The zero-order valence-corrected chi connectivity index (χ0v) is 14.3. The SMILES string of the molecule is CC1CCC(C2CCC(c3ccc(OC(F)(F)F)cc3)CC2)CC1. The minimum Gasteiger partial charge on any atom is -0.406 e. The normalized spacial score (nSPS) is 31.7. The van der Waals surface area contributed by atoms with Crippen LogP contribution in [0.4, 0.5) is 13.2 Å². The topological polar surface area (TPSA) is 9.23 Å². The van der Waals surface area contributed by atoms with Gasteiger partial charge in [0.2, 0.25) is 0 Å². The van der Waals surface area contributed by atoms with Crippen LogP contribution < -0.4 is 4.74 Å². The summed E-state index contributed by atoms with van der Waals surface area (Å²) in [4.78, 5) is 0. The molecule has 0 radical (unpaired) electrons. The molecule has 0 N–H and O–H groups in total. The Bertz CT molecular complexity index is 507. The Morgan fingerprint density at radius 3 is 1.79 bits per heavy atom. The zero-order valence-electron chi connectivity index (χ0n) is 14.3. The van der Waals surface area contributed by atoms with Crippen LogP contribution in [0.1, 0.15) is 69.8 Å². The number of alkyl halides is 3. The molecule has 0 unspecified atom stereocenters. The van der Waals surface area contributed by atoms with Crippen molar-refractivity contribution in [3.63, 3.8) is 0 Å². The van der Waals surface area contributed by atoms with Gasteiger partial charge in [-0.1, -0.05) is 31.9 Å². The van der Waals surface area contributed by atoms with Crippen molar-refractivity contribution >= 4 is 0 Å². The number of halogens is 3. The van der Waals surface area contributed by atoms with Crippen molar-refractivity contribution in [3.05, 3.63) is 29.8 Å². The average molecular weight is 340 g/mol. The number of rotatable bonds is 3. The molecule has 0 saturated heterocycles. The average Bonchev–Trinajstić information content (AvgIpc) is 2.55. The Hall–Kier alpha value is -1.19. The summed E-state index contributed by atoms with van der Waals surface area (Å²) in [6, 6.07) is 6.48. The van der Waals surface area contributed by atoms with Gasteiger partial charge in [0.15, 0.2) is 0 Å². The Morgan fingerprint density at radius 2 is 1.29 bits per heavy atom. The molecule has 2 aliphatic carbocycles. The highest BCUT2D eigenvalue weighted by Crippen LogP contribution is 2.44. The highest BCUT2D eigenvalue weighted by atomic mass is 19.4. The summed E-state index contributed by atoms with van der Waals surface area (Å²) in [7, 11) is 0. The van der Waals surface area contributed by atoms with Crippen molar-refractivity contribution in [2.45, 2.75) is 70.6 Å². The molecule has 1 aromatic carbocycles. The van der Waals surface area contributed by atoms with Gasteiger partial charge in [-0.2, -0.15) is 0 Å². The summed E-state index contributed by atoms with van der Waals surface area (Å²) in [6.07, 6.45) is 5.79. The molecule has 1 aromatic rings. The predicted molar refractivity (Wildman–Crippen MR) is 88.9 cm³/mol. The van der Waals surface area contributed by atoms with Gasteiger partial charge >= 0.3 is 6.36 Å². The molecule has 2 fully saturated rings. The van der Waals surface area contributed by atoms with E-state index in [0.717, 1.165) is 36.2 Å². The maximum absolute atomic E-state index is 12.2. The zero-order chi connectivity index (χ0) is 17.2. The fourth-order valence-electron chi connectivity index (χ4n) is 4.62. The van der Waals surface area contributed by atoms with Gasteiger partial charge in [0.25, 0.3) is 0 Å². The highest BCUT2D eigenvalue weighted by molar-refractivity contribution is 5.29. The van der Waals surface area contributed by atoms with E-state index in [2.05, 4.69) is 11.7 Å². The first-order chi connectivity index (χ1) is 11.4. The molecule has 134 valence electrons. The second kappa shape index (κ2) is 7.37. The van der Waals surface area contributed by atoms with Gasteiger partial charge in [0.1, 0.15) is 5.75 Å². The predicted octanol–water partition coefficient (Wildman–Crippen LogP) is 6.69. The van der Waals surface area contributed by atoms with Gasteiger partial charge < -0.3 is 4.74 Å². The van der Waals surface area contributed by atoms with E-state index < -0.39 is 6.36 Å². The van der Waals surface area contributed by atoms with E-state index in [9.17, 15) is 13.2 Å². The summed E-state index contributed by atoms with van der Waals surface area (Å²) in [6.45, 7) is 2.36.